The van der Waals surface area contributed by atoms with E-state index in [0.717, 1.165) is 12.4 Å². The van der Waals surface area contributed by atoms with Gasteiger partial charge in [-0.2, -0.15) is 0 Å². The van der Waals surface area contributed by atoms with Crippen molar-refractivity contribution in [3.05, 3.63) is 12.0 Å². The Balaban J connectivity index is 2.48. The van der Waals surface area contributed by atoms with Gasteiger partial charge >= 0.3 is 0 Å². The summed E-state index contributed by atoms with van der Waals surface area (Å²) in [6.45, 7) is 10.6. The predicted molar refractivity (Wildman–Crippen MR) is 52.3 cm³/mol. The van der Waals surface area contributed by atoms with Crippen molar-refractivity contribution in [1.82, 2.24) is 0 Å². The molecular formula is C9H18O2Si. The first-order valence-electron chi connectivity index (χ1n) is 4.37. The minimum Gasteiger partial charge on any atom is -0.520 e. The molecule has 0 N–H and O–H groups in total. The standard InChI is InChI=1S/C9H18O2Si/c1-9(2)7-6-8(10-9)11-12(3,4)5/h6H,7H2,1-5H3. The third kappa shape index (κ3) is 2.89. The maximum absolute atomic E-state index is 5.71. The van der Waals surface area contributed by atoms with Crippen LogP contribution in [0.4, 0.5) is 0 Å². The Kier molecular flexibility index (Phi) is 2.25. The lowest BCUT2D eigenvalue weighted by Crippen LogP contribution is -2.27. The van der Waals surface area contributed by atoms with Crippen molar-refractivity contribution in [2.75, 3.05) is 0 Å². The minimum absolute atomic E-state index is 0.0605. The first-order valence-corrected chi connectivity index (χ1v) is 7.78. The van der Waals surface area contributed by atoms with Gasteiger partial charge in [0.15, 0.2) is 0 Å². The van der Waals surface area contributed by atoms with Gasteiger partial charge in [-0.1, -0.05) is 0 Å². The summed E-state index contributed by atoms with van der Waals surface area (Å²) >= 11 is 0. The van der Waals surface area contributed by atoms with Crippen LogP contribution < -0.4 is 0 Å². The highest BCUT2D eigenvalue weighted by Gasteiger charge is 2.29. The quantitative estimate of drug-likeness (QED) is 0.617. The van der Waals surface area contributed by atoms with E-state index in [-0.39, 0.29) is 5.60 Å². The first-order chi connectivity index (χ1) is 5.29. The van der Waals surface area contributed by atoms with E-state index >= 15 is 0 Å². The van der Waals surface area contributed by atoms with Gasteiger partial charge in [-0.05, 0) is 39.6 Å². The highest BCUT2D eigenvalue weighted by Crippen LogP contribution is 2.29. The monoisotopic (exact) mass is 186 g/mol. The van der Waals surface area contributed by atoms with Crippen LogP contribution in [0.2, 0.25) is 19.6 Å². The topological polar surface area (TPSA) is 18.5 Å². The van der Waals surface area contributed by atoms with E-state index in [1.165, 1.54) is 0 Å². The van der Waals surface area contributed by atoms with Crippen LogP contribution >= 0.6 is 0 Å². The Bertz CT molecular complexity index is 201. The van der Waals surface area contributed by atoms with Crippen molar-refractivity contribution >= 4 is 8.32 Å². The fourth-order valence-electron chi connectivity index (χ4n) is 1.05. The number of hydrogen-bond donors (Lipinski definition) is 0. The number of hydrogen-bond acceptors (Lipinski definition) is 2. The number of ether oxygens (including phenoxy) is 1. The van der Waals surface area contributed by atoms with Gasteiger partial charge in [0.25, 0.3) is 5.95 Å². The molecule has 0 aromatic rings. The second kappa shape index (κ2) is 2.80. The molecule has 70 valence electrons. The molecule has 0 aliphatic carbocycles. The molecule has 0 atom stereocenters. The first kappa shape index (κ1) is 9.64. The molecule has 0 fully saturated rings. The van der Waals surface area contributed by atoms with E-state index in [9.17, 15) is 0 Å². The molecule has 1 rings (SSSR count). The van der Waals surface area contributed by atoms with Crippen LogP contribution in [0.1, 0.15) is 20.3 Å². The van der Waals surface area contributed by atoms with E-state index in [4.69, 9.17) is 9.16 Å². The molecule has 2 nitrogen and oxygen atoms in total. The largest absolute Gasteiger partial charge is 0.520 e. The smallest absolute Gasteiger partial charge is 0.261 e. The fraction of sp³-hybridized carbons (Fsp3) is 0.778. The van der Waals surface area contributed by atoms with Gasteiger partial charge in [-0.25, -0.2) is 0 Å². The summed E-state index contributed by atoms with van der Waals surface area (Å²) in [6.07, 6.45) is 2.99. The van der Waals surface area contributed by atoms with Crippen LogP contribution in [0, 0.1) is 0 Å². The molecule has 0 aromatic heterocycles. The summed E-state index contributed by atoms with van der Waals surface area (Å²) in [5, 5.41) is 0. The lowest BCUT2D eigenvalue weighted by molar-refractivity contribution is 0.00573. The zero-order chi connectivity index (χ0) is 9.41. The van der Waals surface area contributed by atoms with E-state index in [0.29, 0.717) is 0 Å². The van der Waals surface area contributed by atoms with Gasteiger partial charge in [-0.15, -0.1) is 0 Å². The molecule has 0 saturated heterocycles. The molecule has 1 aliphatic rings. The maximum atomic E-state index is 5.71. The van der Waals surface area contributed by atoms with Crippen molar-refractivity contribution in [1.29, 1.82) is 0 Å². The number of rotatable bonds is 2. The molecule has 0 saturated carbocycles. The molecule has 0 amide bonds. The van der Waals surface area contributed by atoms with Crippen LogP contribution in [-0.2, 0) is 9.16 Å². The highest BCUT2D eigenvalue weighted by molar-refractivity contribution is 6.70. The Morgan fingerprint density at radius 2 is 2.00 bits per heavy atom. The second-order valence-electron chi connectivity index (χ2n) is 4.80. The van der Waals surface area contributed by atoms with Crippen LogP contribution in [0.5, 0.6) is 0 Å². The van der Waals surface area contributed by atoms with E-state index in [1.807, 2.05) is 6.08 Å². The molecular weight excluding hydrogens is 168 g/mol. The molecule has 0 bridgehead atoms. The average Bonchev–Trinajstić information content (AvgIpc) is 2.05. The molecule has 12 heavy (non-hydrogen) atoms. The van der Waals surface area contributed by atoms with Gasteiger partial charge in [0, 0.05) is 6.42 Å². The van der Waals surface area contributed by atoms with Crippen molar-refractivity contribution in [3.63, 3.8) is 0 Å². The van der Waals surface area contributed by atoms with Gasteiger partial charge in [-0.3, -0.25) is 0 Å². The second-order valence-corrected chi connectivity index (χ2v) is 9.23. The molecule has 3 heteroatoms. The average molecular weight is 186 g/mol. The summed E-state index contributed by atoms with van der Waals surface area (Å²) in [5.41, 5.74) is -0.0605. The molecule has 0 spiro atoms. The van der Waals surface area contributed by atoms with Crippen LogP contribution in [0.15, 0.2) is 12.0 Å². The van der Waals surface area contributed by atoms with E-state index < -0.39 is 8.32 Å². The van der Waals surface area contributed by atoms with Crippen molar-refractivity contribution in [2.24, 2.45) is 0 Å². The van der Waals surface area contributed by atoms with Gasteiger partial charge in [0.05, 0.1) is 0 Å². The fourth-order valence-corrected chi connectivity index (χ4v) is 1.78. The molecule has 1 aliphatic heterocycles. The van der Waals surface area contributed by atoms with E-state index in [1.54, 1.807) is 0 Å². The van der Waals surface area contributed by atoms with Crippen LogP contribution in [-0.4, -0.2) is 13.9 Å². The van der Waals surface area contributed by atoms with E-state index in [2.05, 4.69) is 33.5 Å². The molecule has 0 aromatic carbocycles. The zero-order valence-corrected chi connectivity index (χ0v) is 9.60. The molecule has 0 unspecified atom stereocenters. The third-order valence-corrected chi connectivity index (χ3v) is 2.36. The zero-order valence-electron chi connectivity index (χ0n) is 8.60. The van der Waals surface area contributed by atoms with Crippen molar-refractivity contribution < 1.29 is 9.16 Å². The Hall–Kier alpha value is -0.443. The van der Waals surface area contributed by atoms with Crippen LogP contribution in [0.3, 0.4) is 0 Å². The summed E-state index contributed by atoms with van der Waals surface area (Å²) in [7, 11) is -1.48. The summed E-state index contributed by atoms with van der Waals surface area (Å²) in [5.74, 6) is 0.735. The normalized spacial score (nSPS) is 21.6. The third-order valence-electron chi connectivity index (χ3n) is 1.54. The van der Waals surface area contributed by atoms with Gasteiger partial charge in [0.2, 0.25) is 8.32 Å². The molecule has 0 radical (unpaired) electrons. The summed E-state index contributed by atoms with van der Waals surface area (Å²) in [6, 6.07) is 0. The van der Waals surface area contributed by atoms with Crippen LogP contribution in [0.25, 0.3) is 0 Å². The Morgan fingerprint density at radius 1 is 1.42 bits per heavy atom. The Labute approximate surface area is 75.7 Å². The van der Waals surface area contributed by atoms with Gasteiger partial charge < -0.3 is 9.16 Å². The SMILES string of the molecule is CC1(C)CC=C(O[Si](C)(C)C)O1. The lowest BCUT2D eigenvalue weighted by Gasteiger charge is -2.24. The maximum Gasteiger partial charge on any atom is 0.261 e. The summed E-state index contributed by atoms with van der Waals surface area (Å²) in [4.78, 5) is 0. The lowest BCUT2D eigenvalue weighted by atomic mass is 10.1. The molecule has 1 heterocycles. The highest BCUT2D eigenvalue weighted by atomic mass is 28.4. The van der Waals surface area contributed by atoms with Crippen molar-refractivity contribution in [3.8, 4) is 0 Å². The van der Waals surface area contributed by atoms with Gasteiger partial charge in [0.1, 0.15) is 5.60 Å². The van der Waals surface area contributed by atoms with Crippen molar-refractivity contribution in [2.45, 2.75) is 45.5 Å². The Morgan fingerprint density at radius 3 is 2.33 bits per heavy atom. The minimum atomic E-state index is -1.48. The predicted octanol–water partition coefficient (Wildman–Crippen LogP) is 2.88. The summed E-state index contributed by atoms with van der Waals surface area (Å²) < 4.78 is 11.3.